The van der Waals surface area contributed by atoms with Crippen molar-refractivity contribution in [2.45, 2.75) is 11.4 Å². The Labute approximate surface area is 84.2 Å². The molecule has 0 aromatic heterocycles. The van der Waals surface area contributed by atoms with E-state index in [1.54, 1.807) is 0 Å². The normalized spacial score (nSPS) is 30.6. The molecule has 0 saturated carbocycles. The Hall–Kier alpha value is -1.27. The van der Waals surface area contributed by atoms with Gasteiger partial charge >= 0.3 is 5.97 Å². The van der Waals surface area contributed by atoms with Gasteiger partial charge in [-0.05, 0) is 6.08 Å². The highest BCUT2D eigenvalue weighted by atomic mass is 32.2. The van der Waals surface area contributed by atoms with Crippen molar-refractivity contribution in [3.8, 4) is 0 Å². The third-order valence-corrected chi connectivity index (χ3v) is 3.30. The lowest BCUT2D eigenvalue weighted by molar-refractivity contribution is -0.147. The largest absolute Gasteiger partial charge is 0.477 e. The van der Waals surface area contributed by atoms with E-state index in [9.17, 15) is 9.59 Å². The van der Waals surface area contributed by atoms with Crippen molar-refractivity contribution in [1.82, 2.24) is 4.90 Å². The number of hydrogen-bond acceptors (Lipinski definition) is 4. The summed E-state index contributed by atoms with van der Waals surface area (Å²) in [6.45, 7) is 3.65. The third kappa shape index (κ3) is 1.08. The van der Waals surface area contributed by atoms with Gasteiger partial charge in [0.15, 0.2) is 0 Å². The first-order chi connectivity index (χ1) is 6.52. The van der Waals surface area contributed by atoms with Crippen molar-refractivity contribution < 1.29 is 14.7 Å². The molecule has 1 saturated heterocycles. The number of hydrogen-bond donors (Lipinski definition) is 2. The zero-order chi connectivity index (χ0) is 10.5. The molecule has 0 aliphatic carbocycles. The summed E-state index contributed by atoms with van der Waals surface area (Å²) in [6, 6.07) is -0.611. The Kier molecular flexibility index (Phi) is 1.90. The fourth-order valence-corrected chi connectivity index (χ4v) is 2.52. The lowest BCUT2D eigenvalue weighted by atomic mass is 10.1. The summed E-state index contributed by atoms with van der Waals surface area (Å²) >= 11 is 1.32. The molecule has 2 atom stereocenters. The minimum atomic E-state index is -1.13. The summed E-state index contributed by atoms with van der Waals surface area (Å²) in [5.41, 5.74) is 5.49. The summed E-state index contributed by atoms with van der Waals surface area (Å²) in [5.74, 6) is -1.47. The van der Waals surface area contributed by atoms with Crippen LogP contribution in [-0.4, -0.2) is 33.3 Å². The van der Waals surface area contributed by atoms with E-state index in [-0.39, 0.29) is 17.0 Å². The first-order valence-corrected chi connectivity index (χ1v) is 4.79. The van der Waals surface area contributed by atoms with E-state index in [0.717, 1.165) is 0 Å². The molecule has 6 heteroatoms. The number of aliphatic carboxylic acids is 1. The predicted octanol–water partition coefficient (Wildman–Crippen LogP) is -0.289. The number of fused-ring (bicyclic) bond motifs is 1. The molecule has 0 aromatic rings. The van der Waals surface area contributed by atoms with Gasteiger partial charge in [0.25, 0.3) is 0 Å². The molecule has 0 radical (unpaired) electrons. The molecular formula is C8H8N2O3S. The minimum Gasteiger partial charge on any atom is -0.477 e. The summed E-state index contributed by atoms with van der Waals surface area (Å²) < 4.78 is 0. The maximum atomic E-state index is 11.3. The molecule has 0 bridgehead atoms. The van der Waals surface area contributed by atoms with Crippen molar-refractivity contribution in [1.29, 1.82) is 0 Å². The molecule has 2 aliphatic heterocycles. The smallest absolute Gasteiger partial charge is 0.352 e. The number of carboxylic acids is 1. The molecule has 14 heavy (non-hydrogen) atoms. The fraction of sp³-hybridized carbons (Fsp3) is 0.250. The molecule has 1 amide bonds. The van der Waals surface area contributed by atoms with Crippen LogP contribution in [0.2, 0.25) is 0 Å². The second-order valence-corrected chi connectivity index (χ2v) is 4.29. The van der Waals surface area contributed by atoms with E-state index < -0.39 is 12.0 Å². The summed E-state index contributed by atoms with van der Waals surface area (Å²) in [5, 5.41) is 8.53. The zero-order valence-electron chi connectivity index (χ0n) is 7.14. The molecule has 0 aromatic carbocycles. The molecule has 2 heterocycles. The zero-order valence-corrected chi connectivity index (χ0v) is 7.95. The summed E-state index contributed by atoms with van der Waals surface area (Å²) in [4.78, 5) is 23.9. The van der Waals surface area contributed by atoms with Gasteiger partial charge in [0.1, 0.15) is 17.1 Å². The minimum absolute atomic E-state index is 0.0366. The molecule has 2 unspecified atom stereocenters. The molecule has 0 spiro atoms. The number of β-lactam (4-membered cyclic amide) rings is 1. The molecule has 5 nitrogen and oxygen atoms in total. The lowest BCUT2D eigenvalue weighted by Crippen LogP contribution is -2.67. The van der Waals surface area contributed by atoms with Crippen molar-refractivity contribution >= 4 is 23.6 Å². The van der Waals surface area contributed by atoms with Gasteiger partial charge in [-0.25, -0.2) is 4.79 Å². The number of thioether (sulfide) groups is 1. The van der Waals surface area contributed by atoms with Crippen molar-refractivity contribution in [2.75, 3.05) is 0 Å². The van der Waals surface area contributed by atoms with Crippen LogP contribution >= 0.6 is 11.8 Å². The SMILES string of the molecule is C=C1C=C(C(=O)O)N2C(=O)C(N)C2S1. The van der Waals surface area contributed by atoms with E-state index in [0.29, 0.717) is 4.91 Å². The first-order valence-electron chi connectivity index (χ1n) is 3.91. The van der Waals surface area contributed by atoms with Crippen LogP contribution in [0.1, 0.15) is 0 Å². The average Bonchev–Trinajstić information content (AvgIpc) is 2.15. The predicted molar refractivity (Wildman–Crippen MR) is 51.1 cm³/mol. The lowest BCUT2D eigenvalue weighted by Gasteiger charge is -2.46. The Balaban J connectivity index is 2.37. The van der Waals surface area contributed by atoms with Crippen LogP contribution in [0.3, 0.4) is 0 Å². The number of carbonyl (C=O) groups is 2. The van der Waals surface area contributed by atoms with E-state index in [2.05, 4.69) is 6.58 Å². The Morgan fingerprint density at radius 3 is 2.93 bits per heavy atom. The standard InChI is InChI=1S/C8H8N2O3S/c1-3-2-4(8(12)13)10-6(11)5(9)7(10)14-3/h2,5,7H,1,9H2,(H,12,13). The van der Waals surface area contributed by atoms with Crippen LogP contribution < -0.4 is 5.73 Å². The van der Waals surface area contributed by atoms with Crippen molar-refractivity contribution in [2.24, 2.45) is 5.73 Å². The van der Waals surface area contributed by atoms with Gasteiger partial charge in [-0.15, -0.1) is 0 Å². The maximum absolute atomic E-state index is 11.3. The van der Waals surface area contributed by atoms with E-state index in [4.69, 9.17) is 10.8 Å². The Morgan fingerprint density at radius 2 is 2.36 bits per heavy atom. The van der Waals surface area contributed by atoms with Crippen LogP contribution in [-0.2, 0) is 9.59 Å². The number of nitrogens with zero attached hydrogens (tertiary/aromatic N) is 1. The van der Waals surface area contributed by atoms with E-state index in [1.165, 1.54) is 22.7 Å². The number of nitrogens with two attached hydrogens (primary N) is 1. The third-order valence-electron chi connectivity index (χ3n) is 2.13. The quantitative estimate of drug-likeness (QED) is 0.583. The van der Waals surface area contributed by atoms with Crippen LogP contribution in [0.25, 0.3) is 0 Å². The Bertz CT molecular complexity index is 377. The molecular weight excluding hydrogens is 204 g/mol. The number of carboxylic acid groups (broad SMARTS) is 1. The second kappa shape index (κ2) is 2.86. The van der Waals surface area contributed by atoms with Crippen LogP contribution in [0, 0.1) is 0 Å². The van der Waals surface area contributed by atoms with E-state index in [1.807, 2.05) is 0 Å². The molecule has 3 N–H and O–H groups in total. The van der Waals surface area contributed by atoms with Crippen molar-refractivity contribution in [3.63, 3.8) is 0 Å². The van der Waals surface area contributed by atoms with Gasteiger partial charge in [-0.3, -0.25) is 9.69 Å². The molecule has 2 aliphatic rings. The highest BCUT2D eigenvalue weighted by Gasteiger charge is 2.50. The van der Waals surface area contributed by atoms with Gasteiger partial charge in [0.2, 0.25) is 5.91 Å². The number of rotatable bonds is 1. The van der Waals surface area contributed by atoms with Crippen LogP contribution in [0.5, 0.6) is 0 Å². The maximum Gasteiger partial charge on any atom is 0.352 e. The average molecular weight is 212 g/mol. The van der Waals surface area contributed by atoms with Gasteiger partial charge in [-0.1, -0.05) is 18.3 Å². The summed E-state index contributed by atoms with van der Waals surface area (Å²) in [6.07, 6.45) is 1.38. The monoisotopic (exact) mass is 212 g/mol. The number of allylic oxidation sites excluding steroid dienone is 1. The Morgan fingerprint density at radius 1 is 1.71 bits per heavy atom. The van der Waals surface area contributed by atoms with Gasteiger partial charge in [-0.2, -0.15) is 0 Å². The van der Waals surface area contributed by atoms with Gasteiger partial charge in [0, 0.05) is 4.91 Å². The molecule has 2 rings (SSSR count). The van der Waals surface area contributed by atoms with Crippen LogP contribution in [0.4, 0.5) is 0 Å². The van der Waals surface area contributed by atoms with Crippen LogP contribution in [0.15, 0.2) is 23.3 Å². The van der Waals surface area contributed by atoms with Gasteiger partial charge < -0.3 is 10.8 Å². The number of carbonyl (C=O) groups excluding carboxylic acids is 1. The molecule has 1 fully saturated rings. The summed E-state index contributed by atoms with van der Waals surface area (Å²) in [7, 11) is 0. The van der Waals surface area contributed by atoms with Gasteiger partial charge in [0.05, 0.1) is 0 Å². The second-order valence-electron chi connectivity index (χ2n) is 3.04. The fourth-order valence-electron chi connectivity index (χ4n) is 1.44. The molecule has 74 valence electrons. The number of amides is 1. The highest BCUT2D eigenvalue weighted by Crippen LogP contribution is 2.41. The topological polar surface area (TPSA) is 83.6 Å². The van der Waals surface area contributed by atoms with Crippen molar-refractivity contribution in [3.05, 3.63) is 23.3 Å². The highest BCUT2D eigenvalue weighted by molar-refractivity contribution is 8.04. The first kappa shape index (κ1) is 9.29. The van der Waals surface area contributed by atoms with E-state index >= 15 is 0 Å².